The Morgan fingerprint density at radius 2 is 2.21 bits per heavy atom. The fourth-order valence-electron chi connectivity index (χ4n) is 1.79. The van der Waals surface area contributed by atoms with Crippen LogP contribution in [0.5, 0.6) is 0 Å². The summed E-state index contributed by atoms with van der Waals surface area (Å²) < 4.78 is 5.71. The van der Waals surface area contributed by atoms with Crippen LogP contribution in [-0.4, -0.2) is 6.54 Å². The molecule has 0 saturated carbocycles. The van der Waals surface area contributed by atoms with Crippen molar-refractivity contribution in [3.63, 3.8) is 0 Å². The van der Waals surface area contributed by atoms with Crippen molar-refractivity contribution in [2.24, 2.45) is 0 Å². The number of nitrogens with two attached hydrogens (primary N) is 1. The van der Waals surface area contributed by atoms with Gasteiger partial charge in [0.2, 0.25) is 0 Å². The zero-order valence-corrected chi connectivity index (χ0v) is 7.79. The molecule has 0 aliphatic carbocycles. The van der Waals surface area contributed by atoms with Crippen LogP contribution >= 0.6 is 0 Å². The maximum atomic E-state index is 5.71. The topological polar surface area (TPSA) is 51.2 Å². The molecule has 1 aliphatic rings. The molecule has 1 atom stereocenters. The van der Waals surface area contributed by atoms with Gasteiger partial charge in [0.05, 0.1) is 6.04 Å². The number of hydrogen-bond acceptors (Lipinski definition) is 3. The Morgan fingerprint density at radius 3 is 2.93 bits per heavy atom. The first-order valence-corrected chi connectivity index (χ1v) is 4.85. The van der Waals surface area contributed by atoms with Crippen LogP contribution in [0.2, 0.25) is 0 Å². The number of nitrogens with one attached hydrogen (secondary N) is 1. The molecule has 2 heterocycles. The third-order valence-corrected chi connectivity index (χ3v) is 2.73. The number of hydrogen-bond donors (Lipinski definition) is 2. The molecule has 3 heteroatoms. The van der Waals surface area contributed by atoms with Crippen molar-refractivity contribution >= 4 is 16.7 Å². The lowest BCUT2D eigenvalue weighted by molar-refractivity contribution is 0.327. The van der Waals surface area contributed by atoms with Crippen LogP contribution < -0.4 is 11.1 Å². The predicted octanol–water partition coefficient (Wildman–Crippen LogP) is 2.05. The first-order chi connectivity index (χ1) is 6.83. The van der Waals surface area contributed by atoms with E-state index in [9.17, 15) is 0 Å². The fourth-order valence-corrected chi connectivity index (χ4v) is 1.79. The van der Waals surface area contributed by atoms with Crippen LogP contribution in [0.25, 0.3) is 11.0 Å². The van der Waals surface area contributed by atoms with Crippen LogP contribution in [0.1, 0.15) is 18.2 Å². The van der Waals surface area contributed by atoms with Gasteiger partial charge in [-0.25, -0.2) is 0 Å². The van der Waals surface area contributed by atoms with Gasteiger partial charge in [0.15, 0.2) is 0 Å². The van der Waals surface area contributed by atoms with Gasteiger partial charge in [-0.15, -0.1) is 0 Å². The fraction of sp³-hybridized carbons (Fsp3) is 0.273. The molecule has 0 spiro atoms. The molecule has 1 fully saturated rings. The Hall–Kier alpha value is -1.48. The summed E-state index contributed by atoms with van der Waals surface area (Å²) in [6.45, 7) is 1.09. The number of anilines is 1. The highest BCUT2D eigenvalue weighted by molar-refractivity contribution is 5.81. The molecule has 1 aromatic carbocycles. The van der Waals surface area contributed by atoms with Gasteiger partial charge in [-0.2, -0.15) is 0 Å². The minimum atomic E-state index is 0.406. The van der Waals surface area contributed by atoms with Gasteiger partial charge in [0.1, 0.15) is 11.3 Å². The summed E-state index contributed by atoms with van der Waals surface area (Å²) in [5.41, 5.74) is 7.40. The van der Waals surface area contributed by atoms with Crippen molar-refractivity contribution < 1.29 is 4.42 Å². The summed E-state index contributed by atoms with van der Waals surface area (Å²) in [5, 5.41) is 4.40. The monoisotopic (exact) mass is 188 g/mol. The average molecular weight is 188 g/mol. The number of furan rings is 1. The van der Waals surface area contributed by atoms with E-state index in [2.05, 4.69) is 11.4 Å². The maximum absolute atomic E-state index is 5.71. The molecule has 1 saturated heterocycles. The molecule has 14 heavy (non-hydrogen) atoms. The minimum Gasteiger partial charge on any atom is -0.459 e. The third-order valence-electron chi connectivity index (χ3n) is 2.73. The molecule has 0 bridgehead atoms. The first kappa shape index (κ1) is 7.88. The van der Waals surface area contributed by atoms with Crippen molar-refractivity contribution in [3.05, 3.63) is 30.0 Å². The molecule has 1 unspecified atom stereocenters. The summed E-state index contributed by atoms with van der Waals surface area (Å²) >= 11 is 0. The summed E-state index contributed by atoms with van der Waals surface area (Å²) in [6.07, 6.45) is 1.16. The highest BCUT2D eigenvalue weighted by atomic mass is 16.3. The van der Waals surface area contributed by atoms with Gasteiger partial charge in [-0.3, -0.25) is 0 Å². The predicted molar refractivity (Wildman–Crippen MR) is 56.0 cm³/mol. The van der Waals surface area contributed by atoms with Gasteiger partial charge in [0.25, 0.3) is 0 Å². The van der Waals surface area contributed by atoms with E-state index in [0.717, 1.165) is 35.4 Å². The van der Waals surface area contributed by atoms with Crippen LogP contribution in [0, 0.1) is 0 Å². The Bertz CT molecular complexity index is 471. The van der Waals surface area contributed by atoms with Gasteiger partial charge in [-0.1, -0.05) is 0 Å². The number of fused-ring (bicyclic) bond motifs is 1. The summed E-state index contributed by atoms with van der Waals surface area (Å²) in [4.78, 5) is 0. The molecule has 3 N–H and O–H groups in total. The highest BCUT2D eigenvalue weighted by Gasteiger charge is 2.21. The standard InChI is InChI=1S/C11H12N2O/c12-8-1-2-10-7(5-8)6-11(14-10)9-3-4-13-9/h1-2,5-6,9,13H,3-4,12H2. The molecule has 2 aromatic rings. The van der Waals surface area contributed by atoms with E-state index in [-0.39, 0.29) is 0 Å². The average Bonchev–Trinajstić information content (AvgIpc) is 2.43. The Morgan fingerprint density at radius 1 is 1.36 bits per heavy atom. The van der Waals surface area contributed by atoms with Crippen LogP contribution in [-0.2, 0) is 0 Å². The van der Waals surface area contributed by atoms with E-state index in [1.807, 2.05) is 18.2 Å². The minimum absolute atomic E-state index is 0.406. The normalized spacial score (nSPS) is 21.0. The van der Waals surface area contributed by atoms with E-state index >= 15 is 0 Å². The van der Waals surface area contributed by atoms with Crippen LogP contribution in [0.15, 0.2) is 28.7 Å². The lowest BCUT2D eigenvalue weighted by Crippen LogP contribution is -2.34. The van der Waals surface area contributed by atoms with Crippen molar-refractivity contribution in [1.29, 1.82) is 0 Å². The lowest BCUT2D eigenvalue weighted by Gasteiger charge is -2.25. The van der Waals surface area contributed by atoms with Crippen LogP contribution in [0.3, 0.4) is 0 Å². The molecule has 3 rings (SSSR count). The molecule has 1 aliphatic heterocycles. The smallest absolute Gasteiger partial charge is 0.134 e. The summed E-state index contributed by atoms with van der Waals surface area (Å²) in [6, 6.07) is 8.21. The largest absolute Gasteiger partial charge is 0.459 e. The van der Waals surface area contributed by atoms with E-state index in [1.54, 1.807) is 0 Å². The highest BCUT2D eigenvalue weighted by Crippen LogP contribution is 2.29. The number of rotatable bonds is 1. The molecule has 0 amide bonds. The van der Waals surface area contributed by atoms with Crippen molar-refractivity contribution in [1.82, 2.24) is 5.32 Å². The zero-order valence-electron chi connectivity index (χ0n) is 7.79. The Balaban J connectivity index is 2.10. The van der Waals surface area contributed by atoms with Crippen molar-refractivity contribution in [3.8, 4) is 0 Å². The van der Waals surface area contributed by atoms with E-state index in [4.69, 9.17) is 10.2 Å². The molecular formula is C11H12N2O. The third kappa shape index (κ3) is 1.09. The molecule has 1 aromatic heterocycles. The second kappa shape index (κ2) is 2.75. The summed E-state index contributed by atoms with van der Waals surface area (Å²) in [7, 11) is 0. The van der Waals surface area contributed by atoms with Gasteiger partial charge in [-0.05, 0) is 37.2 Å². The second-order valence-electron chi connectivity index (χ2n) is 3.74. The molecule has 0 radical (unpaired) electrons. The molecular weight excluding hydrogens is 176 g/mol. The van der Waals surface area contributed by atoms with Crippen molar-refractivity contribution in [2.45, 2.75) is 12.5 Å². The van der Waals surface area contributed by atoms with Crippen LogP contribution in [0.4, 0.5) is 5.69 Å². The Labute approximate surface area is 81.9 Å². The molecule has 3 nitrogen and oxygen atoms in total. The van der Waals surface area contributed by atoms with E-state index in [0.29, 0.717) is 6.04 Å². The lowest BCUT2D eigenvalue weighted by atomic mass is 10.0. The first-order valence-electron chi connectivity index (χ1n) is 4.85. The SMILES string of the molecule is Nc1ccc2oc(C3CCN3)cc2c1. The maximum Gasteiger partial charge on any atom is 0.134 e. The summed E-state index contributed by atoms with van der Waals surface area (Å²) in [5.74, 6) is 1.02. The molecule has 72 valence electrons. The van der Waals surface area contributed by atoms with Gasteiger partial charge < -0.3 is 15.5 Å². The van der Waals surface area contributed by atoms with E-state index in [1.165, 1.54) is 0 Å². The van der Waals surface area contributed by atoms with E-state index < -0.39 is 0 Å². The quantitative estimate of drug-likeness (QED) is 0.673. The van der Waals surface area contributed by atoms with Gasteiger partial charge >= 0.3 is 0 Å². The number of benzene rings is 1. The van der Waals surface area contributed by atoms with Crippen molar-refractivity contribution in [2.75, 3.05) is 12.3 Å². The zero-order chi connectivity index (χ0) is 9.54. The number of nitrogen functional groups attached to an aromatic ring is 1. The van der Waals surface area contributed by atoms with Gasteiger partial charge in [0, 0.05) is 11.1 Å². The Kier molecular flexibility index (Phi) is 1.55. The second-order valence-corrected chi connectivity index (χ2v) is 3.74.